The van der Waals surface area contributed by atoms with Crippen molar-refractivity contribution in [3.05, 3.63) is 76.7 Å². The molecule has 4 heteroatoms. The Morgan fingerprint density at radius 1 is 1.12 bits per heavy atom. The first-order valence-corrected chi connectivity index (χ1v) is 8.82. The smallest absolute Gasteiger partial charge is 0.133 e. The van der Waals surface area contributed by atoms with Gasteiger partial charge in [-0.25, -0.2) is 9.07 Å². The summed E-state index contributed by atoms with van der Waals surface area (Å²) in [6, 6.07) is 15.3. The van der Waals surface area contributed by atoms with Crippen molar-refractivity contribution in [3.8, 4) is 5.69 Å². The molecule has 3 nitrogen and oxygen atoms in total. The first-order chi connectivity index (χ1) is 12.1. The van der Waals surface area contributed by atoms with Crippen molar-refractivity contribution in [1.82, 2.24) is 9.78 Å². The highest BCUT2D eigenvalue weighted by Crippen LogP contribution is 2.33. The van der Waals surface area contributed by atoms with Crippen molar-refractivity contribution < 1.29 is 4.39 Å². The van der Waals surface area contributed by atoms with Gasteiger partial charge in [0, 0.05) is 18.5 Å². The van der Waals surface area contributed by atoms with E-state index in [1.165, 1.54) is 17.2 Å². The zero-order valence-corrected chi connectivity index (χ0v) is 14.6. The zero-order valence-electron chi connectivity index (χ0n) is 14.6. The number of rotatable bonds is 4. The van der Waals surface area contributed by atoms with Crippen LogP contribution in [-0.4, -0.2) is 16.3 Å². The van der Waals surface area contributed by atoms with Crippen molar-refractivity contribution in [3.63, 3.8) is 0 Å². The molecule has 128 valence electrons. The Bertz CT molecular complexity index is 911. The molecule has 0 aliphatic carbocycles. The molecule has 1 aromatic heterocycles. The highest BCUT2D eigenvalue weighted by molar-refractivity contribution is 5.59. The fourth-order valence-corrected chi connectivity index (χ4v) is 3.55. The van der Waals surface area contributed by atoms with Crippen LogP contribution in [0.1, 0.15) is 42.1 Å². The van der Waals surface area contributed by atoms with Crippen molar-refractivity contribution in [2.24, 2.45) is 0 Å². The Morgan fingerprint density at radius 2 is 1.88 bits per heavy atom. The number of nitrogens with one attached hydrogen (secondary N) is 1. The molecule has 3 aromatic rings. The van der Waals surface area contributed by atoms with E-state index in [4.69, 9.17) is 5.10 Å². The van der Waals surface area contributed by atoms with Crippen LogP contribution in [0.3, 0.4) is 0 Å². The molecule has 0 atom stereocenters. The molecule has 1 N–H and O–H groups in total. The van der Waals surface area contributed by atoms with E-state index in [0.717, 1.165) is 30.2 Å². The molecule has 0 spiro atoms. The summed E-state index contributed by atoms with van der Waals surface area (Å²) < 4.78 is 16.1. The Balaban J connectivity index is 1.81. The Kier molecular flexibility index (Phi) is 4.04. The maximum Gasteiger partial charge on any atom is 0.133 e. The lowest BCUT2D eigenvalue weighted by atomic mass is 10.0. The molecule has 2 aromatic carbocycles. The molecule has 1 aliphatic heterocycles. The highest BCUT2D eigenvalue weighted by atomic mass is 19.1. The molecule has 0 amide bonds. The van der Waals surface area contributed by atoms with E-state index in [2.05, 4.69) is 37.4 Å². The summed E-state index contributed by atoms with van der Waals surface area (Å²) in [4.78, 5) is 0. The number of benzene rings is 2. The number of aromatic nitrogens is 2. The van der Waals surface area contributed by atoms with Crippen LogP contribution in [0.4, 0.5) is 10.2 Å². The second-order valence-corrected chi connectivity index (χ2v) is 6.84. The van der Waals surface area contributed by atoms with E-state index in [9.17, 15) is 4.39 Å². The Morgan fingerprint density at radius 3 is 2.68 bits per heavy atom. The predicted molar refractivity (Wildman–Crippen MR) is 99.1 cm³/mol. The van der Waals surface area contributed by atoms with Crippen LogP contribution in [0.2, 0.25) is 0 Å². The summed E-state index contributed by atoms with van der Waals surface area (Å²) >= 11 is 0. The minimum absolute atomic E-state index is 0.167. The molecule has 2 heterocycles. The summed E-state index contributed by atoms with van der Waals surface area (Å²) in [5.74, 6) is 1.30. The van der Waals surface area contributed by atoms with Gasteiger partial charge in [0.2, 0.25) is 0 Å². The van der Waals surface area contributed by atoms with Crippen LogP contribution in [0.5, 0.6) is 0 Å². The van der Waals surface area contributed by atoms with E-state index in [1.54, 1.807) is 6.07 Å². The molecule has 25 heavy (non-hydrogen) atoms. The van der Waals surface area contributed by atoms with Crippen LogP contribution in [0.15, 0.2) is 48.5 Å². The highest BCUT2D eigenvalue weighted by Gasteiger charge is 2.24. The van der Waals surface area contributed by atoms with Crippen molar-refractivity contribution in [2.45, 2.75) is 32.6 Å². The molecule has 0 fully saturated rings. The van der Waals surface area contributed by atoms with Crippen molar-refractivity contribution in [1.29, 1.82) is 0 Å². The molecule has 1 aliphatic rings. The van der Waals surface area contributed by atoms with Crippen LogP contribution >= 0.6 is 0 Å². The van der Waals surface area contributed by atoms with E-state index >= 15 is 0 Å². The quantitative estimate of drug-likeness (QED) is 0.749. The van der Waals surface area contributed by atoms with Crippen LogP contribution in [0.25, 0.3) is 5.69 Å². The second kappa shape index (κ2) is 6.36. The average molecular weight is 335 g/mol. The number of hydrogen-bond donors (Lipinski definition) is 1. The first-order valence-electron chi connectivity index (χ1n) is 8.82. The number of fused-ring (bicyclic) bond motifs is 1. The minimum Gasteiger partial charge on any atom is -0.369 e. The third-order valence-corrected chi connectivity index (χ3v) is 4.84. The maximum absolute atomic E-state index is 14.1. The Labute approximate surface area is 147 Å². The maximum atomic E-state index is 14.1. The third kappa shape index (κ3) is 2.82. The summed E-state index contributed by atoms with van der Waals surface area (Å²) in [7, 11) is 0. The average Bonchev–Trinajstić information content (AvgIpc) is 3.20. The lowest BCUT2D eigenvalue weighted by Gasteiger charge is -2.14. The molecular weight excluding hydrogens is 313 g/mol. The molecule has 4 rings (SSSR count). The summed E-state index contributed by atoms with van der Waals surface area (Å²) in [5.41, 5.74) is 5.23. The van der Waals surface area contributed by atoms with E-state index in [0.29, 0.717) is 17.9 Å². The van der Waals surface area contributed by atoms with E-state index in [1.807, 2.05) is 22.9 Å². The van der Waals surface area contributed by atoms with Gasteiger partial charge in [-0.1, -0.05) is 50.2 Å². The molecule has 0 saturated carbocycles. The first kappa shape index (κ1) is 15.9. The van der Waals surface area contributed by atoms with Gasteiger partial charge in [0.25, 0.3) is 0 Å². The van der Waals surface area contributed by atoms with Crippen LogP contribution in [0, 0.1) is 5.82 Å². The largest absolute Gasteiger partial charge is 0.369 e. The number of para-hydroxylation sites is 1. The van der Waals surface area contributed by atoms with Gasteiger partial charge >= 0.3 is 0 Å². The minimum atomic E-state index is -0.167. The number of halogens is 1. The molecular formula is C21H22FN3. The fraction of sp³-hybridized carbons (Fsp3) is 0.286. The van der Waals surface area contributed by atoms with Gasteiger partial charge in [0.1, 0.15) is 11.6 Å². The van der Waals surface area contributed by atoms with Crippen LogP contribution < -0.4 is 5.32 Å². The standard InChI is InChI=1S/C21H22FN3/c1-14(2)16-8-4-6-10-20(16)25-21-17(11-12-23-21)19(24-25)13-15-7-3-5-9-18(15)22/h3-10,14,23H,11-13H2,1-2H3. The number of nitrogens with zero attached hydrogens (tertiary/aromatic N) is 2. The van der Waals surface area contributed by atoms with Crippen molar-refractivity contribution in [2.75, 3.05) is 11.9 Å². The number of hydrogen-bond acceptors (Lipinski definition) is 2. The lowest BCUT2D eigenvalue weighted by Crippen LogP contribution is -2.08. The molecule has 0 bridgehead atoms. The summed E-state index contributed by atoms with van der Waals surface area (Å²) in [6.45, 7) is 5.29. The molecule has 0 saturated heterocycles. The van der Waals surface area contributed by atoms with E-state index in [-0.39, 0.29) is 5.82 Å². The van der Waals surface area contributed by atoms with Gasteiger partial charge in [-0.3, -0.25) is 0 Å². The van der Waals surface area contributed by atoms with Crippen molar-refractivity contribution >= 4 is 5.82 Å². The predicted octanol–water partition coefficient (Wildman–Crippen LogP) is 4.69. The lowest BCUT2D eigenvalue weighted by molar-refractivity contribution is 0.612. The summed E-state index contributed by atoms with van der Waals surface area (Å²) in [6.07, 6.45) is 1.45. The monoisotopic (exact) mass is 335 g/mol. The zero-order chi connectivity index (χ0) is 17.4. The van der Waals surface area contributed by atoms with Gasteiger partial charge in [0.05, 0.1) is 11.4 Å². The van der Waals surface area contributed by atoms with Gasteiger partial charge in [-0.2, -0.15) is 5.10 Å². The molecule has 0 radical (unpaired) electrons. The van der Waals surface area contributed by atoms with Crippen LogP contribution in [-0.2, 0) is 12.8 Å². The van der Waals surface area contributed by atoms with Gasteiger partial charge < -0.3 is 5.32 Å². The molecule has 0 unspecified atom stereocenters. The van der Waals surface area contributed by atoms with Gasteiger partial charge in [0.15, 0.2) is 0 Å². The topological polar surface area (TPSA) is 29.9 Å². The van der Waals surface area contributed by atoms with Gasteiger partial charge in [-0.05, 0) is 35.6 Å². The summed E-state index contributed by atoms with van der Waals surface area (Å²) in [5, 5.41) is 8.33. The van der Waals surface area contributed by atoms with E-state index < -0.39 is 0 Å². The second-order valence-electron chi connectivity index (χ2n) is 6.84. The van der Waals surface area contributed by atoms with Gasteiger partial charge in [-0.15, -0.1) is 0 Å². The third-order valence-electron chi connectivity index (χ3n) is 4.84. The normalized spacial score (nSPS) is 13.1. The fourth-order valence-electron chi connectivity index (χ4n) is 3.55. The number of anilines is 1. The SMILES string of the molecule is CC(C)c1ccccc1-n1nc(Cc2ccccc2F)c2c1NCC2. The Hall–Kier alpha value is -2.62.